The summed E-state index contributed by atoms with van der Waals surface area (Å²) in [5.41, 5.74) is 0.489. The van der Waals surface area contributed by atoms with E-state index in [1.807, 2.05) is 0 Å². The molecule has 0 saturated carbocycles. The first-order valence-corrected chi connectivity index (χ1v) is 11.8. The van der Waals surface area contributed by atoms with E-state index in [9.17, 15) is 17.6 Å². The number of amides is 1. The maximum atomic E-state index is 14.6. The molecule has 1 aliphatic heterocycles. The summed E-state index contributed by atoms with van der Waals surface area (Å²) in [5, 5.41) is 14.8. The molecule has 0 radical (unpaired) electrons. The Morgan fingerprint density at radius 2 is 2.00 bits per heavy atom. The lowest BCUT2D eigenvalue weighted by Crippen LogP contribution is -2.38. The molecule has 0 spiro atoms. The Kier molecular flexibility index (Phi) is 5.36. The lowest BCUT2D eigenvalue weighted by Gasteiger charge is -2.29. The van der Waals surface area contributed by atoms with Gasteiger partial charge in [0.15, 0.2) is 15.5 Å². The standard InChI is InChI=1S/C18H18FN5O4S2/c1-30(27,28)12-2-3-15(14(19)8-12)24-16-13(9-22-24)17(21-10-20-16)29-11-4-6-23(7-5-11)18(25)26/h2-3,8-11H,4-7H2,1H3,(H,25,26). The maximum Gasteiger partial charge on any atom is 0.407 e. The van der Waals surface area contributed by atoms with Gasteiger partial charge in [-0.25, -0.2) is 32.3 Å². The van der Waals surface area contributed by atoms with E-state index < -0.39 is 21.7 Å². The molecular formula is C18H18FN5O4S2. The first-order valence-electron chi connectivity index (χ1n) is 9.07. The minimum absolute atomic E-state index is 0.0850. The Morgan fingerprint density at radius 3 is 2.63 bits per heavy atom. The minimum atomic E-state index is -3.52. The van der Waals surface area contributed by atoms with Crippen LogP contribution in [0.1, 0.15) is 12.8 Å². The van der Waals surface area contributed by atoms with Gasteiger partial charge in [-0.05, 0) is 31.0 Å². The molecule has 2 aromatic heterocycles. The normalized spacial score (nSPS) is 15.6. The Labute approximate surface area is 175 Å². The lowest BCUT2D eigenvalue weighted by molar-refractivity contribution is 0.136. The Morgan fingerprint density at radius 1 is 1.27 bits per heavy atom. The summed E-state index contributed by atoms with van der Waals surface area (Å²) in [6.07, 6.45) is 4.44. The van der Waals surface area contributed by atoms with Crippen LogP contribution in [0.25, 0.3) is 16.7 Å². The van der Waals surface area contributed by atoms with Crippen molar-refractivity contribution >= 4 is 38.7 Å². The number of fused-ring (bicyclic) bond motifs is 1. The Hall–Kier alpha value is -2.73. The molecule has 1 aliphatic rings. The predicted octanol–water partition coefficient (Wildman–Crippen LogP) is 2.59. The summed E-state index contributed by atoms with van der Waals surface area (Å²) >= 11 is 1.53. The molecule has 0 bridgehead atoms. The largest absolute Gasteiger partial charge is 0.465 e. The number of rotatable bonds is 4. The van der Waals surface area contributed by atoms with Gasteiger partial charge in [0.25, 0.3) is 0 Å². The zero-order valence-corrected chi connectivity index (χ0v) is 17.5. The molecule has 0 aliphatic carbocycles. The van der Waals surface area contributed by atoms with Crippen LogP contribution >= 0.6 is 11.8 Å². The van der Waals surface area contributed by atoms with Crippen molar-refractivity contribution in [1.82, 2.24) is 24.6 Å². The summed E-state index contributed by atoms with van der Waals surface area (Å²) in [5.74, 6) is -0.725. The monoisotopic (exact) mass is 451 g/mol. The highest BCUT2D eigenvalue weighted by molar-refractivity contribution is 8.00. The Balaban J connectivity index is 1.62. The average molecular weight is 452 g/mol. The highest BCUT2D eigenvalue weighted by Crippen LogP contribution is 2.33. The van der Waals surface area contributed by atoms with Crippen LogP contribution in [0.2, 0.25) is 0 Å². The molecule has 0 unspecified atom stereocenters. The van der Waals surface area contributed by atoms with E-state index in [-0.39, 0.29) is 15.8 Å². The van der Waals surface area contributed by atoms with Crippen molar-refractivity contribution in [3.8, 4) is 5.69 Å². The van der Waals surface area contributed by atoms with Gasteiger partial charge in [-0.15, -0.1) is 11.8 Å². The summed E-state index contributed by atoms with van der Waals surface area (Å²) in [6, 6.07) is 3.65. The van der Waals surface area contributed by atoms with Crippen LogP contribution < -0.4 is 0 Å². The number of sulfone groups is 1. The third-order valence-corrected chi connectivity index (χ3v) is 7.36. The molecule has 158 valence electrons. The number of likely N-dealkylation sites (tertiary alicyclic amines) is 1. The second kappa shape index (κ2) is 7.84. The number of benzene rings is 1. The number of carbonyl (C=O) groups is 1. The zero-order valence-electron chi connectivity index (χ0n) is 15.9. The summed E-state index contributed by atoms with van der Waals surface area (Å²) in [7, 11) is -3.52. The first-order chi connectivity index (χ1) is 14.2. The van der Waals surface area contributed by atoms with Crippen molar-refractivity contribution in [3.05, 3.63) is 36.5 Å². The van der Waals surface area contributed by atoms with E-state index in [1.165, 1.54) is 39.8 Å². The summed E-state index contributed by atoms with van der Waals surface area (Å²) in [4.78, 5) is 20.9. The number of carboxylic acid groups (broad SMARTS) is 1. The van der Waals surface area contributed by atoms with Crippen LogP contribution in [0, 0.1) is 5.82 Å². The molecule has 1 saturated heterocycles. The van der Waals surface area contributed by atoms with E-state index in [4.69, 9.17) is 5.11 Å². The van der Waals surface area contributed by atoms with Gasteiger partial charge in [0.1, 0.15) is 22.9 Å². The average Bonchev–Trinajstić information content (AvgIpc) is 3.12. The predicted molar refractivity (Wildman–Crippen MR) is 108 cm³/mol. The smallest absolute Gasteiger partial charge is 0.407 e. The number of thioether (sulfide) groups is 1. The molecular weight excluding hydrogens is 433 g/mol. The minimum Gasteiger partial charge on any atom is -0.465 e. The molecule has 9 nitrogen and oxygen atoms in total. The molecule has 0 atom stereocenters. The lowest BCUT2D eigenvalue weighted by atomic mass is 10.1. The van der Waals surface area contributed by atoms with Crippen molar-refractivity contribution in [2.45, 2.75) is 28.0 Å². The second-order valence-electron chi connectivity index (χ2n) is 6.94. The van der Waals surface area contributed by atoms with Crippen LogP contribution in [-0.4, -0.2) is 68.9 Å². The van der Waals surface area contributed by atoms with Gasteiger partial charge in [-0.3, -0.25) is 0 Å². The van der Waals surface area contributed by atoms with Crippen molar-refractivity contribution < 1.29 is 22.7 Å². The van der Waals surface area contributed by atoms with E-state index in [0.717, 1.165) is 12.3 Å². The Bertz CT molecular complexity index is 1220. The fourth-order valence-corrected chi connectivity index (χ4v) is 5.08. The molecule has 1 N–H and O–H groups in total. The number of aromatic nitrogens is 4. The van der Waals surface area contributed by atoms with E-state index in [1.54, 1.807) is 6.20 Å². The number of hydrogen-bond acceptors (Lipinski definition) is 7. The van der Waals surface area contributed by atoms with Gasteiger partial charge < -0.3 is 10.0 Å². The fraction of sp³-hybridized carbons (Fsp3) is 0.333. The van der Waals surface area contributed by atoms with Crippen LogP contribution in [0.4, 0.5) is 9.18 Å². The molecule has 3 aromatic rings. The number of piperidine rings is 1. The van der Waals surface area contributed by atoms with Crippen molar-refractivity contribution in [2.75, 3.05) is 19.3 Å². The number of halogens is 1. The molecule has 12 heteroatoms. The molecule has 4 rings (SSSR count). The fourth-order valence-electron chi connectivity index (χ4n) is 3.31. The van der Waals surface area contributed by atoms with Gasteiger partial charge in [-0.2, -0.15) is 5.10 Å². The van der Waals surface area contributed by atoms with E-state index in [0.29, 0.717) is 42.0 Å². The number of nitrogens with zero attached hydrogens (tertiary/aromatic N) is 5. The number of hydrogen-bond donors (Lipinski definition) is 1. The van der Waals surface area contributed by atoms with Gasteiger partial charge in [-0.1, -0.05) is 0 Å². The van der Waals surface area contributed by atoms with Gasteiger partial charge >= 0.3 is 6.09 Å². The third kappa shape index (κ3) is 3.97. The van der Waals surface area contributed by atoms with Crippen molar-refractivity contribution in [3.63, 3.8) is 0 Å². The van der Waals surface area contributed by atoms with E-state index >= 15 is 0 Å². The first kappa shape index (κ1) is 20.5. The highest BCUT2D eigenvalue weighted by atomic mass is 32.2. The van der Waals surface area contributed by atoms with Gasteiger partial charge in [0.2, 0.25) is 0 Å². The maximum absolute atomic E-state index is 14.6. The van der Waals surface area contributed by atoms with Crippen LogP contribution in [-0.2, 0) is 9.84 Å². The zero-order chi connectivity index (χ0) is 21.5. The SMILES string of the molecule is CS(=O)(=O)c1ccc(-n2ncc3c(SC4CCN(C(=O)O)CC4)ncnc32)c(F)c1. The third-order valence-electron chi connectivity index (χ3n) is 4.90. The molecule has 30 heavy (non-hydrogen) atoms. The molecule has 3 heterocycles. The summed E-state index contributed by atoms with van der Waals surface area (Å²) < 4.78 is 39.2. The van der Waals surface area contributed by atoms with Gasteiger partial charge in [0.05, 0.1) is 16.5 Å². The van der Waals surface area contributed by atoms with Crippen LogP contribution in [0.5, 0.6) is 0 Å². The van der Waals surface area contributed by atoms with E-state index in [2.05, 4.69) is 15.1 Å². The quantitative estimate of drug-likeness (QED) is 0.602. The van der Waals surface area contributed by atoms with Crippen LogP contribution in [0.15, 0.2) is 40.6 Å². The molecule has 1 amide bonds. The topological polar surface area (TPSA) is 118 Å². The molecule has 1 aromatic carbocycles. The summed E-state index contributed by atoms with van der Waals surface area (Å²) in [6.45, 7) is 0.941. The van der Waals surface area contributed by atoms with Crippen molar-refractivity contribution in [2.24, 2.45) is 0 Å². The second-order valence-corrected chi connectivity index (χ2v) is 10.2. The van der Waals surface area contributed by atoms with Crippen molar-refractivity contribution in [1.29, 1.82) is 0 Å². The van der Waals surface area contributed by atoms with Crippen LogP contribution in [0.3, 0.4) is 0 Å². The molecule has 1 fully saturated rings. The van der Waals surface area contributed by atoms with Gasteiger partial charge in [0, 0.05) is 24.6 Å². The highest BCUT2D eigenvalue weighted by Gasteiger charge is 2.25.